The second-order valence-electron chi connectivity index (χ2n) is 6.11. The molecule has 0 radical (unpaired) electrons. The predicted molar refractivity (Wildman–Crippen MR) is 85.6 cm³/mol. The fraction of sp³-hybridized carbons (Fsp3) is 0.647. The molecule has 0 amide bonds. The number of benzene rings is 1. The van der Waals surface area contributed by atoms with Gasteiger partial charge in [0.2, 0.25) is 0 Å². The molecule has 0 spiro atoms. The van der Waals surface area contributed by atoms with E-state index >= 15 is 0 Å². The number of nitrogens with zero attached hydrogens (tertiary/aromatic N) is 2. The number of hydrogen-bond acceptors (Lipinski definition) is 4. The van der Waals surface area contributed by atoms with E-state index in [1.54, 1.807) is 0 Å². The molecule has 0 unspecified atom stereocenters. The van der Waals surface area contributed by atoms with E-state index in [4.69, 9.17) is 4.74 Å². The van der Waals surface area contributed by atoms with E-state index in [2.05, 4.69) is 35.9 Å². The van der Waals surface area contributed by atoms with Gasteiger partial charge in [0.25, 0.3) is 0 Å². The van der Waals surface area contributed by atoms with Crippen LogP contribution < -0.4 is 0 Å². The molecule has 1 heterocycles. The Balaban J connectivity index is 1.62. The molecule has 1 saturated heterocycles. The van der Waals surface area contributed by atoms with E-state index in [0.29, 0.717) is 25.7 Å². The number of β-amino-alcohol motifs (C(OH)–C–C–N with tert-alkyl or cyclic N) is 1. The lowest BCUT2D eigenvalue weighted by Gasteiger charge is -2.33. The Morgan fingerprint density at radius 1 is 1.10 bits per heavy atom. The van der Waals surface area contributed by atoms with Crippen LogP contribution in [0.15, 0.2) is 30.3 Å². The Hall–Kier alpha value is -0.940. The van der Waals surface area contributed by atoms with Crippen molar-refractivity contribution in [2.75, 3.05) is 53.0 Å². The van der Waals surface area contributed by atoms with Crippen molar-refractivity contribution in [3.8, 4) is 0 Å². The van der Waals surface area contributed by atoms with Crippen LogP contribution >= 0.6 is 0 Å². The van der Waals surface area contributed by atoms with E-state index in [1.165, 1.54) is 5.56 Å². The SMILES string of the molecule is C[C@@H](COC[C@@H](O)CN1CCN(C)CC1)c1ccccc1. The summed E-state index contributed by atoms with van der Waals surface area (Å²) < 4.78 is 5.69. The zero-order valence-electron chi connectivity index (χ0n) is 13.2. The molecule has 0 aliphatic carbocycles. The number of rotatable bonds is 7. The summed E-state index contributed by atoms with van der Waals surface area (Å²) in [6.07, 6.45) is -0.392. The number of aliphatic hydroxyl groups excluding tert-OH is 1. The summed E-state index contributed by atoms with van der Waals surface area (Å²) >= 11 is 0. The summed E-state index contributed by atoms with van der Waals surface area (Å²) in [5.74, 6) is 0.363. The highest BCUT2D eigenvalue weighted by Gasteiger charge is 2.17. The van der Waals surface area contributed by atoms with Crippen molar-refractivity contribution in [3.63, 3.8) is 0 Å². The van der Waals surface area contributed by atoms with Crippen LogP contribution in [0.4, 0.5) is 0 Å². The predicted octanol–water partition coefficient (Wildman–Crippen LogP) is 1.42. The maximum Gasteiger partial charge on any atom is 0.0900 e. The van der Waals surface area contributed by atoms with Gasteiger partial charge in [0, 0.05) is 38.6 Å². The number of likely N-dealkylation sites (N-methyl/N-ethyl adjacent to an activating group) is 1. The standard InChI is InChI=1S/C17H28N2O2/c1-15(16-6-4-3-5-7-16)13-21-14-17(20)12-19-10-8-18(2)9-11-19/h3-7,15,17,20H,8-14H2,1-2H3/t15-,17-/m0/s1. The third kappa shape index (κ3) is 5.75. The van der Waals surface area contributed by atoms with Crippen LogP contribution in [0.5, 0.6) is 0 Å². The van der Waals surface area contributed by atoms with Gasteiger partial charge in [0.15, 0.2) is 0 Å². The minimum absolute atomic E-state index is 0.363. The highest BCUT2D eigenvalue weighted by atomic mass is 16.5. The first kappa shape index (κ1) is 16.4. The van der Waals surface area contributed by atoms with Crippen molar-refractivity contribution in [3.05, 3.63) is 35.9 Å². The molecule has 1 N–H and O–H groups in total. The fourth-order valence-corrected chi connectivity index (χ4v) is 2.64. The number of piperazine rings is 1. The lowest BCUT2D eigenvalue weighted by atomic mass is 10.0. The average molecular weight is 292 g/mol. The zero-order valence-corrected chi connectivity index (χ0v) is 13.2. The minimum atomic E-state index is -0.392. The van der Waals surface area contributed by atoms with Gasteiger partial charge in [-0.2, -0.15) is 0 Å². The van der Waals surface area contributed by atoms with Crippen molar-refractivity contribution in [2.24, 2.45) is 0 Å². The molecule has 1 aromatic carbocycles. The molecule has 1 aliphatic heterocycles. The summed E-state index contributed by atoms with van der Waals surface area (Å²) in [5, 5.41) is 10.1. The summed E-state index contributed by atoms with van der Waals surface area (Å²) in [4.78, 5) is 4.63. The van der Waals surface area contributed by atoms with Crippen molar-refractivity contribution in [1.29, 1.82) is 0 Å². The second kappa shape index (κ2) is 8.49. The highest BCUT2D eigenvalue weighted by Crippen LogP contribution is 2.14. The van der Waals surface area contributed by atoms with Crippen molar-refractivity contribution in [2.45, 2.75) is 18.9 Å². The van der Waals surface area contributed by atoms with Crippen LogP contribution in [-0.2, 0) is 4.74 Å². The molecule has 1 aromatic rings. The number of ether oxygens (including phenoxy) is 1. The van der Waals surface area contributed by atoms with E-state index in [1.807, 2.05) is 18.2 Å². The Morgan fingerprint density at radius 3 is 2.43 bits per heavy atom. The summed E-state index contributed by atoms with van der Waals surface area (Å²) in [6.45, 7) is 8.18. The molecule has 0 bridgehead atoms. The third-order valence-electron chi connectivity index (χ3n) is 4.11. The van der Waals surface area contributed by atoms with E-state index in [0.717, 1.165) is 26.2 Å². The van der Waals surface area contributed by atoms with E-state index in [-0.39, 0.29) is 0 Å². The molecule has 4 heteroatoms. The molecule has 2 rings (SSSR count). The molecule has 0 saturated carbocycles. The summed E-state index contributed by atoms with van der Waals surface area (Å²) in [6, 6.07) is 10.4. The molecule has 118 valence electrons. The van der Waals surface area contributed by atoms with Gasteiger partial charge in [0.1, 0.15) is 0 Å². The monoisotopic (exact) mass is 292 g/mol. The van der Waals surface area contributed by atoms with Crippen LogP contribution in [-0.4, -0.2) is 74.0 Å². The smallest absolute Gasteiger partial charge is 0.0900 e. The largest absolute Gasteiger partial charge is 0.389 e. The van der Waals surface area contributed by atoms with Gasteiger partial charge in [-0.1, -0.05) is 37.3 Å². The molecule has 1 fully saturated rings. The van der Waals surface area contributed by atoms with Gasteiger partial charge in [-0.05, 0) is 12.6 Å². The summed E-state index contributed by atoms with van der Waals surface area (Å²) in [7, 11) is 2.14. The normalized spacial score (nSPS) is 20.3. The first-order valence-corrected chi connectivity index (χ1v) is 7.87. The average Bonchev–Trinajstić information content (AvgIpc) is 2.50. The van der Waals surface area contributed by atoms with Gasteiger partial charge in [-0.25, -0.2) is 0 Å². The van der Waals surface area contributed by atoms with Gasteiger partial charge < -0.3 is 14.7 Å². The summed E-state index contributed by atoms with van der Waals surface area (Å²) in [5.41, 5.74) is 1.28. The van der Waals surface area contributed by atoms with Crippen molar-refractivity contribution >= 4 is 0 Å². The Kier molecular flexibility index (Phi) is 6.64. The third-order valence-corrected chi connectivity index (χ3v) is 4.11. The Labute approximate surface area is 128 Å². The van der Waals surface area contributed by atoms with Crippen LogP contribution in [0.3, 0.4) is 0 Å². The van der Waals surface area contributed by atoms with Crippen molar-refractivity contribution < 1.29 is 9.84 Å². The van der Waals surface area contributed by atoms with Crippen LogP contribution in [0.2, 0.25) is 0 Å². The maximum atomic E-state index is 10.1. The molecule has 1 aliphatic rings. The highest BCUT2D eigenvalue weighted by molar-refractivity contribution is 5.18. The molecule has 2 atom stereocenters. The Morgan fingerprint density at radius 2 is 1.76 bits per heavy atom. The lowest BCUT2D eigenvalue weighted by Crippen LogP contribution is -2.47. The first-order chi connectivity index (χ1) is 10.1. The molecular weight excluding hydrogens is 264 g/mol. The van der Waals surface area contributed by atoms with Gasteiger partial charge >= 0.3 is 0 Å². The maximum absolute atomic E-state index is 10.1. The lowest BCUT2D eigenvalue weighted by molar-refractivity contribution is 0.00584. The molecule has 4 nitrogen and oxygen atoms in total. The zero-order chi connectivity index (χ0) is 15.1. The molecule has 21 heavy (non-hydrogen) atoms. The van der Waals surface area contributed by atoms with Gasteiger partial charge in [-0.15, -0.1) is 0 Å². The number of hydrogen-bond donors (Lipinski definition) is 1. The van der Waals surface area contributed by atoms with E-state index in [9.17, 15) is 5.11 Å². The Bertz CT molecular complexity index is 391. The van der Waals surface area contributed by atoms with Crippen molar-refractivity contribution in [1.82, 2.24) is 9.80 Å². The first-order valence-electron chi connectivity index (χ1n) is 7.87. The van der Waals surface area contributed by atoms with Crippen LogP contribution in [0.1, 0.15) is 18.4 Å². The minimum Gasteiger partial charge on any atom is -0.389 e. The number of aliphatic hydroxyl groups is 1. The van der Waals surface area contributed by atoms with Crippen LogP contribution in [0, 0.1) is 0 Å². The van der Waals surface area contributed by atoms with Gasteiger partial charge in [-0.3, -0.25) is 4.90 Å². The second-order valence-corrected chi connectivity index (χ2v) is 6.11. The molecule has 0 aromatic heterocycles. The topological polar surface area (TPSA) is 35.9 Å². The fourth-order valence-electron chi connectivity index (χ4n) is 2.64. The quantitative estimate of drug-likeness (QED) is 0.824. The van der Waals surface area contributed by atoms with Crippen LogP contribution in [0.25, 0.3) is 0 Å². The van der Waals surface area contributed by atoms with Gasteiger partial charge in [0.05, 0.1) is 19.3 Å². The molecular formula is C17H28N2O2. The van der Waals surface area contributed by atoms with E-state index < -0.39 is 6.10 Å².